The maximum atomic E-state index is 11.7. The molecule has 0 aromatic rings. The van der Waals surface area contributed by atoms with Crippen LogP contribution in [-0.2, 0) is 38.1 Å². The van der Waals surface area contributed by atoms with Crippen molar-refractivity contribution >= 4 is 23.9 Å². The van der Waals surface area contributed by atoms with E-state index in [2.05, 4.69) is 0 Å². The third kappa shape index (κ3) is 15.4. The molecule has 26 heavy (non-hydrogen) atoms. The standard InChI is InChI=1S/C18H30O8/c1-13(9-11-23-15(3)19)25-17(21)7-5-6-8-18(22)26-14(2)10-12-24-16(4)20/h13-14H,5-12H2,1-4H3. The Bertz CT molecular complexity index is 418. The lowest BCUT2D eigenvalue weighted by Crippen LogP contribution is -2.18. The van der Waals surface area contributed by atoms with Gasteiger partial charge >= 0.3 is 23.9 Å². The van der Waals surface area contributed by atoms with Crippen LogP contribution in [0.2, 0.25) is 0 Å². The van der Waals surface area contributed by atoms with E-state index in [0.29, 0.717) is 25.7 Å². The molecule has 8 nitrogen and oxygen atoms in total. The number of hydrogen-bond donors (Lipinski definition) is 0. The molecule has 0 spiro atoms. The highest BCUT2D eigenvalue weighted by atomic mass is 16.6. The van der Waals surface area contributed by atoms with Crippen LogP contribution in [0.5, 0.6) is 0 Å². The second-order valence-corrected chi connectivity index (χ2v) is 6.07. The van der Waals surface area contributed by atoms with E-state index in [1.165, 1.54) is 13.8 Å². The fourth-order valence-electron chi connectivity index (χ4n) is 1.96. The highest BCUT2D eigenvalue weighted by Gasteiger charge is 2.12. The summed E-state index contributed by atoms with van der Waals surface area (Å²) in [6.45, 7) is 6.53. The summed E-state index contributed by atoms with van der Waals surface area (Å²) < 4.78 is 19.9. The molecule has 0 aliphatic carbocycles. The van der Waals surface area contributed by atoms with E-state index < -0.39 is 0 Å². The normalized spacial score (nSPS) is 12.6. The molecule has 0 rings (SSSR count). The molecule has 0 aromatic heterocycles. The summed E-state index contributed by atoms with van der Waals surface area (Å²) in [5, 5.41) is 0. The van der Waals surface area contributed by atoms with E-state index in [1.807, 2.05) is 0 Å². The van der Waals surface area contributed by atoms with Crippen molar-refractivity contribution in [2.75, 3.05) is 13.2 Å². The fourth-order valence-corrected chi connectivity index (χ4v) is 1.96. The Hall–Kier alpha value is -2.12. The summed E-state index contributed by atoms with van der Waals surface area (Å²) in [4.78, 5) is 44.6. The molecule has 0 N–H and O–H groups in total. The Balaban J connectivity index is 3.70. The molecule has 0 bridgehead atoms. The van der Waals surface area contributed by atoms with Crippen molar-refractivity contribution in [3.8, 4) is 0 Å². The number of carbonyl (C=O) groups is 4. The third-order valence-corrected chi connectivity index (χ3v) is 3.34. The van der Waals surface area contributed by atoms with Crippen LogP contribution in [0.4, 0.5) is 0 Å². The minimum Gasteiger partial charge on any atom is -0.466 e. The molecular weight excluding hydrogens is 344 g/mol. The van der Waals surface area contributed by atoms with Crippen molar-refractivity contribution in [3.63, 3.8) is 0 Å². The van der Waals surface area contributed by atoms with Gasteiger partial charge in [-0.05, 0) is 26.7 Å². The van der Waals surface area contributed by atoms with Crippen molar-refractivity contribution in [2.45, 2.75) is 78.4 Å². The fraction of sp³-hybridized carbons (Fsp3) is 0.778. The summed E-state index contributed by atoms with van der Waals surface area (Å²) in [5.41, 5.74) is 0. The average Bonchev–Trinajstić information content (AvgIpc) is 2.50. The Morgan fingerprint density at radius 1 is 0.692 bits per heavy atom. The van der Waals surface area contributed by atoms with Crippen molar-refractivity contribution in [2.24, 2.45) is 0 Å². The second kappa shape index (κ2) is 14.1. The molecule has 0 radical (unpaired) electrons. The van der Waals surface area contributed by atoms with Gasteiger partial charge in [0.05, 0.1) is 13.2 Å². The maximum absolute atomic E-state index is 11.7. The van der Waals surface area contributed by atoms with Crippen molar-refractivity contribution < 1.29 is 38.1 Å². The molecule has 0 aliphatic rings. The van der Waals surface area contributed by atoms with Gasteiger partial charge in [-0.3, -0.25) is 19.2 Å². The van der Waals surface area contributed by atoms with Crippen LogP contribution in [0.1, 0.15) is 66.2 Å². The minimum absolute atomic E-state index is 0.214. The number of ether oxygens (including phenoxy) is 4. The van der Waals surface area contributed by atoms with Gasteiger partial charge in [-0.25, -0.2) is 0 Å². The van der Waals surface area contributed by atoms with Crippen LogP contribution in [0, 0.1) is 0 Å². The number of unbranched alkanes of at least 4 members (excludes halogenated alkanes) is 1. The predicted molar refractivity (Wildman–Crippen MR) is 92.1 cm³/mol. The molecule has 2 unspecified atom stereocenters. The number of hydrogen-bond acceptors (Lipinski definition) is 8. The van der Waals surface area contributed by atoms with Crippen LogP contribution in [0.25, 0.3) is 0 Å². The zero-order valence-electron chi connectivity index (χ0n) is 16.1. The quantitative estimate of drug-likeness (QED) is 0.275. The summed E-state index contributed by atoms with van der Waals surface area (Å²) in [7, 11) is 0. The monoisotopic (exact) mass is 374 g/mol. The van der Waals surface area contributed by atoms with Crippen LogP contribution in [0.3, 0.4) is 0 Å². The van der Waals surface area contributed by atoms with Crippen molar-refractivity contribution in [1.29, 1.82) is 0 Å². The lowest BCUT2D eigenvalue weighted by atomic mass is 10.2. The number of carbonyl (C=O) groups excluding carboxylic acids is 4. The molecule has 150 valence electrons. The molecular formula is C18H30O8. The van der Waals surface area contributed by atoms with Crippen LogP contribution >= 0.6 is 0 Å². The first-order chi connectivity index (χ1) is 12.2. The molecule has 0 fully saturated rings. The zero-order valence-corrected chi connectivity index (χ0v) is 16.1. The second-order valence-electron chi connectivity index (χ2n) is 6.07. The summed E-state index contributed by atoms with van der Waals surface area (Å²) >= 11 is 0. The Morgan fingerprint density at radius 2 is 1.04 bits per heavy atom. The smallest absolute Gasteiger partial charge is 0.306 e. The van der Waals surface area contributed by atoms with Gasteiger partial charge in [-0.15, -0.1) is 0 Å². The maximum Gasteiger partial charge on any atom is 0.306 e. The molecule has 0 heterocycles. The molecule has 0 aromatic carbocycles. The van der Waals surface area contributed by atoms with Gasteiger partial charge in [-0.2, -0.15) is 0 Å². The van der Waals surface area contributed by atoms with Gasteiger partial charge in [0.2, 0.25) is 0 Å². The summed E-state index contributed by atoms with van der Waals surface area (Å²) in [6, 6.07) is 0. The predicted octanol–water partition coefficient (Wildman–Crippen LogP) is 2.32. The SMILES string of the molecule is CC(=O)OCCC(C)OC(=O)CCCCC(=O)OC(C)CCOC(C)=O. The van der Waals surface area contributed by atoms with E-state index in [9.17, 15) is 19.2 Å². The van der Waals surface area contributed by atoms with E-state index in [0.717, 1.165) is 0 Å². The first kappa shape index (κ1) is 23.9. The zero-order chi connectivity index (χ0) is 19.9. The molecule has 8 heteroatoms. The topological polar surface area (TPSA) is 105 Å². The molecule has 0 aliphatic heterocycles. The largest absolute Gasteiger partial charge is 0.466 e. The van der Waals surface area contributed by atoms with Gasteiger partial charge in [0.1, 0.15) is 12.2 Å². The number of rotatable bonds is 13. The van der Waals surface area contributed by atoms with E-state index in [1.54, 1.807) is 13.8 Å². The van der Waals surface area contributed by atoms with E-state index in [-0.39, 0.29) is 62.1 Å². The van der Waals surface area contributed by atoms with Crippen molar-refractivity contribution in [3.05, 3.63) is 0 Å². The number of esters is 4. The molecule has 0 amide bonds. The van der Waals surface area contributed by atoms with Gasteiger partial charge in [0.25, 0.3) is 0 Å². The lowest BCUT2D eigenvalue weighted by Gasteiger charge is -2.14. The Labute approximate surface area is 154 Å². The van der Waals surface area contributed by atoms with Gasteiger partial charge < -0.3 is 18.9 Å². The third-order valence-electron chi connectivity index (χ3n) is 3.34. The first-order valence-electron chi connectivity index (χ1n) is 8.86. The highest BCUT2D eigenvalue weighted by Crippen LogP contribution is 2.08. The Kier molecular flexibility index (Phi) is 12.9. The lowest BCUT2D eigenvalue weighted by molar-refractivity contribution is -0.152. The summed E-state index contributed by atoms with van der Waals surface area (Å²) in [5.74, 6) is -1.42. The van der Waals surface area contributed by atoms with Gasteiger partial charge in [0, 0.05) is 39.5 Å². The minimum atomic E-state index is -0.365. The molecule has 2 atom stereocenters. The Morgan fingerprint density at radius 3 is 1.35 bits per heavy atom. The summed E-state index contributed by atoms with van der Waals surface area (Å²) in [6.07, 6.45) is 1.71. The van der Waals surface area contributed by atoms with Crippen LogP contribution in [0.15, 0.2) is 0 Å². The molecule has 0 saturated carbocycles. The van der Waals surface area contributed by atoms with Crippen LogP contribution in [-0.4, -0.2) is 49.3 Å². The van der Waals surface area contributed by atoms with Crippen LogP contribution < -0.4 is 0 Å². The van der Waals surface area contributed by atoms with Gasteiger partial charge in [-0.1, -0.05) is 0 Å². The average molecular weight is 374 g/mol. The highest BCUT2D eigenvalue weighted by molar-refractivity contribution is 5.71. The van der Waals surface area contributed by atoms with Gasteiger partial charge in [0.15, 0.2) is 0 Å². The molecule has 0 saturated heterocycles. The van der Waals surface area contributed by atoms with E-state index >= 15 is 0 Å². The van der Waals surface area contributed by atoms with Crippen molar-refractivity contribution in [1.82, 2.24) is 0 Å². The van der Waals surface area contributed by atoms with E-state index in [4.69, 9.17) is 18.9 Å². The first-order valence-corrected chi connectivity index (χ1v) is 8.86.